The molecule has 1 heterocycles. The van der Waals surface area contributed by atoms with Crippen molar-refractivity contribution in [3.63, 3.8) is 0 Å². The number of rotatable bonds is 8. The number of carbonyl (C=O) groups is 2. The quantitative estimate of drug-likeness (QED) is 0.296. The van der Waals surface area contributed by atoms with Crippen LogP contribution in [0.5, 0.6) is 0 Å². The van der Waals surface area contributed by atoms with Crippen molar-refractivity contribution >= 4 is 23.3 Å². The van der Waals surface area contributed by atoms with Crippen LogP contribution in [0.3, 0.4) is 0 Å². The minimum atomic E-state index is -0.848. The van der Waals surface area contributed by atoms with Gasteiger partial charge in [0, 0.05) is 37.8 Å². The molecule has 5 nitrogen and oxygen atoms in total. The summed E-state index contributed by atoms with van der Waals surface area (Å²) in [6.45, 7) is -0.375. The van der Waals surface area contributed by atoms with E-state index in [4.69, 9.17) is 4.74 Å². The third kappa shape index (κ3) is 6.89. The molecule has 5 rings (SSSR count). The van der Waals surface area contributed by atoms with Crippen molar-refractivity contribution in [1.82, 2.24) is 0 Å². The van der Waals surface area contributed by atoms with Gasteiger partial charge in [0.2, 0.25) is 5.91 Å². The van der Waals surface area contributed by atoms with E-state index in [0.29, 0.717) is 13.0 Å². The van der Waals surface area contributed by atoms with Gasteiger partial charge in [-0.3, -0.25) is 9.59 Å². The first kappa shape index (κ1) is 25.7. The summed E-state index contributed by atoms with van der Waals surface area (Å²) in [5.41, 5.74) is 5.98. The number of esters is 1. The first-order valence-electron chi connectivity index (χ1n) is 14.8. The molecule has 39 heavy (non-hydrogen) atoms. The monoisotopic (exact) mass is 525 g/mol. The Hall–Kier alpha value is -3.60. The van der Waals surface area contributed by atoms with E-state index in [2.05, 4.69) is 35.2 Å². The highest BCUT2D eigenvalue weighted by atomic mass is 16.5. The van der Waals surface area contributed by atoms with E-state index < -0.39 is 6.52 Å². The highest BCUT2D eigenvalue weighted by Crippen LogP contribution is 2.31. The van der Waals surface area contributed by atoms with Crippen LogP contribution in [0.25, 0.3) is 11.1 Å². The van der Waals surface area contributed by atoms with Crippen molar-refractivity contribution in [2.24, 2.45) is 11.8 Å². The molecular weight excluding hydrogens is 484 g/mol. The van der Waals surface area contributed by atoms with E-state index in [1.165, 1.54) is 6.42 Å². The Kier molecular flexibility index (Phi) is 8.23. The molecule has 0 bridgehead atoms. The average molecular weight is 526 g/mol. The molecule has 0 radical (unpaired) electrons. The minimum absolute atomic E-state index is 0.0430. The lowest BCUT2D eigenvalue weighted by molar-refractivity contribution is -0.149. The fourth-order valence-corrected chi connectivity index (χ4v) is 5.75. The molecular formula is C34H40N2O3. The lowest BCUT2D eigenvalue weighted by Crippen LogP contribution is -2.36. The van der Waals surface area contributed by atoms with Crippen LogP contribution in [0.1, 0.15) is 57.4 Å². The molecule has 204 valence electrons. The third-order valence-corrected chi connectivity index (χ3v) is 8.06. The number of anilines is 2. The number of benzene rings is 3. The second-order valence-electron chi connectivity index (χ2n) is 11.2. The van der Waals surface area contributed by atoms with E-state index in [-0.39, 0.29) is 23.7 Å². The average Bonchev–Trinajstić information content (AvgIpc) is 2.98. The van der Waals surface area contributed by atoms with Gasteiger partial charge < -0.3 is 14.5 Å². The van der Waals surface area contributed by atoms with Crippen LogP contribution in [-0.4, -0.2) is 32.6 Å². The Bertz CT molecular complexity index is 1300. The Balaban J connectivity index is 1.40. The standard InChI is InChI=1S/C34H40N2O3/c1-35(2)31-17-15-29(16-18-31)28-13-11-25(12-14-28)24-36(34(38)30-8-4-3-5-9-30)32-10-6-7-26(22-32)21-27-19-20-39-33(37)23-27/h6-7,10-18,22,27,30H,3-5,8-9,19-21,23-24H2,1-2H3/i24D. The van der Waals surface area contributed by atoms with Crippen LogP contribution < -0.4 is 9.80 Å². The molecule has 0 spiro atoms. The number of carbonyl (C=O) groups excluding carboxylic acids is 2. The van der Waals surface area contributed by atoms with E-state index in [9.17, 15) is 11.0 Å². The maximum atomic E-state index is 14.0. The van der Waals surface area contributed by atoms with Crippen LogP contribution >= 0.6 is 0 Å². The molecule has 3 aromatic carbocycles. The Morgan fingerprint density at radius 3 is 2.23 bits per heavy atom. The molecule has 5 heteroatoms. The highest BCUT2D eigenvalue weighted by Gasteiger charge is 2.28. The van der Waals surface area contributed by atoms with Gasteiger partial charge in [0.05, 0.1) is 14.5 Å². The van der Waals surface area contributed by atoms with Crippen LogP contribution in [0.15, 0.2) is 72.8 Å². The van der Waals surface area contributed by atoms with Gasteiger partial charge in [-0.15, -0.1) is 0 Å². The fourth-order valence-electron chi connectivity index (χ4n) is 5.75. The second-order valence-corrected chi connectivity index (χ2v) is 11.2. The number of amides is 1. The van der Waals surface area contributed by atoms with Gasteiger partial charge >= 0.3 is 5.97 Å². The van der Waals surface area contributed by atoms with Gasteiger partial charge in [0.1, 0.15) is 0 Å². The molecule has 2 aliphatic rings. The summed E-state index contributed by atoms with van der Waals surface area (Å²) >= 11 is 0. The van der Waals surface area contributed by atoms with Crippen molar-refractivity contribution in [2.45, 2.75) is 57.9 Å². The van der Waals surface area contributed by atoms with Gasteiger partial charge in [0.15, 0.2) is 0 Å². The smallest absolute Gasteiger partial charge is 0.306 e. The maximum Gasteiger partial charge on any atom is 0.306 e. The molecule has 1 aliphatic heterocycles. The number of cyclic esters (lactones) is 1. The summed E-state index contributed by atoms with van der Waals surface area (Å²) in [6, 6.07) is 24.5. The van der Waals surface area contributed by atoms with E-state index >= 15 is 0 Å². The lowest BCUT2D eigenvalue weighted by atomic mass is 9.88. The maximum absolute atomic E-state index is 14.0. The molecule has 0 aromatic heterocycles. The highest BCUT2D eigenvalue weighted by molar-refractivity contribution is 5.95. The van der Waals surface area contributed by atoms with Crippen LogP contribution in [-0.2, 0) is 27.3 Å². The zero-order valence-corrected chi connectivity index (χ0v) is 23.1. The predicted octanol–water partition coefficient (Wildman–Crippen LogP) is 7.03. The zero-order chi connectivity index (χ0) is 28.1. The minimum Gasteiger partial charge on any atom is -0.466 e. The summed E-state index contributed by atoms with van der Waals surface area (Å²) in [7, 11) is 4.06. The lowest BCUT2D eigenvalue weighted by Gasteiger charge is -2.30. The summed E-state index contributed by atoms with van der Waals surface area (Å²) in [5, 5.41) is 0. The van der Waals surface area contributed by atoms with Gasteiger partial charge in [-0.25, -0.2) is 0 Å². The predicted molar refractivity (Wildman–Crippen MR) is 158 cm³/mol. The molecule has 2 fully saturated rings. The van der Waals surface area contributed by atoms with E-state index in [1.54, 1.807) is 4.90 Å². The first-order valence-corrected chi connectivity index (χ1v) is 14.3. The van der Waals surface area contributed by atoms with E-state index in [1.807, 2.05) is 56.6 Å². The summed E-state index contributed by atoms with van der Waals surface area (Å²) in [4.78, 5) is 29.6. The number of nitrogens with zero attached hydrogens (tertiary/aromatic N) is 2. The van der Waals surface area contributed by atoms with Crippen molar-refractivity contribution < 1.29 is 15.7 Å². The van der Waals surface area contributed by atoms with Crippen molar-refractivity contribution in [1.29, 1.82) is 0 Å². The third-order valence-electron chi connectivity index (χ3n) is 8.06. The molecule has 1 aliphatic carbocycles. The topological polar surface area (TPSA) is 49.9 Å². The normalized spacial score (nSPS) is 19.1. The molecule has 1 saturated carbocycles. The van der Waals surface area contributed by atoms with Crippen molar-refractivity contribution in [2.75, 3.05) is 30.5 Å². The van der Waals surface area contributed by atoms with Crippen molar-refractivity contribution in [3.05, 3.63) is 83.9 Å². The molecule has 2 atom stereocenters. The Labute approximate surface area is 234 Å². The molecule has 3 aromatic rings. The van der Waals surface area contributed by atoms with E-state index in [0.717, 1.165) is 72.2 Å². The van der Waals surface area contributed by atoms with Crippen LogP contribution in [0.4, 0.5) is 11.4 Å². The van der Waals surface area contributed by atoms with Gasteiger partial charge in [-0.05, 0) is 78.1 Å². The van der Waals surface area contributed by atoms with Crippen molar-refractivity contribution in [3.8, 4) is 11.1 Å². The zero-order valence-electron chi connectivity index (χ0n) is 24.1. The fraction of sp³-hybridized carbons (Fsp3) is 0.412. The van der Waals surface area contributed by atoms with Gasteiger partial charge in [-0.2, -0.15) is 0 Å². The molecule has 1 amide bonds. The summed E-state index contributed by atoms with van der Waals surface area (Å²) in [6.07, 6.45) is 7.11. The summed E-state index contributed by atoms with van der Waals surface area (Å²) in [5.74, 6) is 0.101. The summed E-state index contributed by atoms with van der Waals surface area (Å²) < 4.78 is 14.4. The van der Waals surface area contributed by atoms with Crippen LogP contribution in [0, 0.1) is 11.8 Å². The first-order chi connectivity index (χ1) is 19.4. The molecule has 0 N–H and O–H groups in total. The number of hydrogen-bond donors (Lipinski definition) is 0. The number of ether oxygens (including phenoxy) is 1. The Morgan fingerprint density at radius 2 is 1.56 bits per heavy atom. The largest absolute Gasteiger partial charge is 0.466 e. The van der Waals surface area contributed by atoms with Gasteiger partial charge in [-0.1, -0.05) is 67.8 Å². The second kappa shape index (κ2) is 12.5. The number of hydrogen-bond acceptors (Lipinski definition) is 4. The van der Waals surface area contributed by atoms with Crippen LogP contribution in [0.2, 0.25) is 0 Å². The molecule has 1 saturated heterocycles. The molecule has 2 unspecified atom stereocenters. The van der Waals surface area contributed by atoms with Gasteiger partial charge in [0.25, 0.3) is 0 Å². The SMILES string of the molecule is [2H]C(c1ccc(-c2ccc(N(C)C)cc2)cc1)N(C(=O)C1CCCCC1)c1cccc(CC2CCOC(=O)C2)c1. The Morgan fingerprint density at radius 1 is 0.872 bits per heavy atom.